The zero-order valence-electron chi connectivity index (χ0n) is 10.5. The van der Waals surface area contributed by atoms with Crippen molar-refractivity contribution >= 4 is 40.4 Å². The summed E-state index contributed by atoms with van der Waals surface area (Å²) in [6.45, 7) is 0. The van der Waals surface area contributed by atoms with Gasteiger partial charge in [-0.15, -0.1) is 0 Å². The Morgan fingerprint density at radius 1 is 1.24 bits per heavy atom. The van der Waals surface area contributed by atoms with Crippen LogP contribution in [0.1, 0.15) is 15.9 Å². The molecule has 0 atom stereocenters. The zero-order valence-corrected chi connectivity index (χ0v) is 12.1. The summed E-state index contributed by atoms with van der Waals surface area (Å²) in [5, 5.41) is 2.58. The Balaban J connectivity index is 2.28. The molecule has 0 saturated heterocycles. The van der Waals surface area contributed by atoms with Gasteiger partial charge in [0, 0.05) is 5.56 Å². The highest BCUT2D eigenvalue weighted by Crippen LogP contribution is 2.24. The number of nitrogens with two attached hydrogens (primary N) is 1. The van der Waals surface area contributed by atoms with Crippen LogP contribution in [0.25, 0.3) is 0 Å². The van der Waals surface area contributed by atoms with E-state index in [-0.39, 0.29) is 15.7 Å². The molecule has 2 aromatic carbocycles. The van der Waals surface area contributed by atoms with Crippen LogP contribution < -0.4 is 11.1 Å². The van der Waals surface area contributed by atoms with E-state index in [2.05, 4.69) is 5.32 Å². The van der Waals surface area contributed by atoms with Crippen molar-refractivity contribution in [3.8, 4) is 0 Å². The third kappa shape index (κ3) is 3.34. The van der Waals surface area contributed by atoms with E-state index in [1.165, 1.54) is 24.3 Å². The summed E-state index contributed by atoms with van der Waals surface area (Å²) in [7, 11) is 0. The normalized spacial score (nSPS) is 10.2. The fraction of sp³-hybridized carbons (Fsp3) is 0. The Morgan fingerprint density at radius 2 is 1.95 bits per heavy atom. The van der Waals surface area contributed by atoms with Crippen molar-refractivity contribution in [1.82, 2.24) is 0 Å². The number of anilines is 1. The van der Waals surface area contributed by atoms with E-state index in [1.807, 2.05) is 0 Å². The van der Waals surface area contributed by atoms with Crippen LogP contribution in [-0.4, -0.2) is 10.9 Å². The van der Waals surface area contributed by atoms with Gasteiger partial charge in [-0.05, 0) is 30.3 Å². The van der Waals surface area contributed by atoms with Gasteiger partial charge in [0.25, 0.3) is 5.91 Å². The van der Waals surface area contributed by atoms with Gasteiger partial charge in [0.1, 0.15) is 4.99 Å². The highest BCUT2D eigenvalue weighted by molar-refractivity contribution is 7.80. The Kier molecular flexibility index (Phi) is 4.50. The first-order valence-electron chi connectivity index (χ1n) is 5.75. The first-order valence-corrected chi connectivity index (χ1v) is 6.53. The second-order valence-electron chi connectivity index (χ2n) is 4.11. The average Bonchev–Trinajstić information content (AvgIpc) is 2.43. The second kappa shape index (κ2) is 6.15. The van der Waals surface area contributed by atoms with Crippen molar-refractivity contribution < 1.29 is 13.6 Å². The molecule has 7 heteroatoms. The standard InChI is InChI=1S/C14H9ClF2N2OS/c15-9-6-7(13(18)21)4-5-11(9)19-14(20)8-2-1-3-10(16)12(8)17/h1-6H,(H2,18,21)(H,19,20). The molecule has 0 aromatic heterocycles. The predicted octanol–water partition coefficient (Wildman–Crippen LogP) is 3.50. The smallest absolute Gasteiger partial charge is 0.258 e. The molecule has 1 amide bonds. The molecular weight excluding hydrogens is 318 g/mol. The van der Waals surface area contributed by atoms with E-state index in [0.29, 0.717) is 5.56 Å². The van der Waals surface area contributed by atoms with Crippen LogP contribution in [0.4, 0.5) is 14.5 Å². The molecular formula is C14H9ClF2N2OS. The lowest BCUT2D eigenvalue weighted by molar-refractivity contribution is 0.102. The number of hydrogen-bond acceptors (Lipinski definition) is 2. The molecule has 21 heavy (non-hydrogen) atoms. The van der Waals surface area contributed by atoms with E-state index in [0.717, 1.165) is 6.07 Å². The van der Waals surface area contributed by atoms with Crippen LogP contribution >= 0.6 is 23.8 Å². The van der Waals surface area contributed by atoms with Crippen molar-refractivity contribution in [2.45, 2.75) is 0 Å². The molecule has 2 rings (SSSR count). The lowest BCUT2D eigenvalue weighted by Gasteiger charge is -2.09. The summed E-state index contributed by atoms with van der Waals surface area (Å²) < 4.78 is 26.6. The Labute approximate surface area is 129 Å². The molecule has 2 aromatic rings. The van der Waals surface area contributed by atoms with Gasteiger partial charge < -0.3 is 11.1 Å². The quantitative estimate of drug-likeness (QED) is 0.849. The van der Waals surface area contributed by atoms with Crippen LogP contribution in [-0.2, 0) is 0 Å². The zero-order chi connectivity index (χ0) is 15.6. The minimum atomic E-state index is -1.22. The van der Waals surface area contributed by atoms with Crippen LogP contribution in [0, 0.1) is 11.6 Å². The minimum Gasteiger partial charge on any atom is -0.389 e. The van der Waals surface area contributed by atoms with Crippen molar-refractivity contribution in [3.63, 3.8) is 0 Å². The third-order valence-corrected chi connectivity index (χ3v) is 3.25. The fourth-order valence-corrected chi connectivity index (χ4v) is 1.99. The molecule has 0 radical (unpaired) electrons. The Morgan fingerprint density at radius 3 is 2.57 bits per heavy atom. The maximum atomic E-state index is 13.5. The number of benzene rings is 2. The lowest BCUT2D eigenvalue weighted by atomic mass is 10.1. The highest BCUT2D eigenvalue weighted by atomic mass is 35.5. The number of hydrogen-bond donors (Lipinski definition) is 2. The first-order chi connectivity index (χ1) is 9.90. The highest BCUT2D eigenvalue weighted by Gasteiger charge is 2.16. The number of carbonyl (C=O) groups is 1. The lowest BCUT2D eigenvalue weighted by Crippen LogP contribution is -2.15. The number of halogens is 3. The monoisotopic (exact) mass is 326 g/mol. The van der Waals surface area contributed by atoms with Gasteiger partial charge in [-0.3, -0.25) is 4.79 Å². The van der Waals surface area contributed by atoms with Gasteiger partial charge in [0.15, 0.2) is 11.6 Å². The van der Waals surface area contributed by atoms with Crippen molar-refractivity contribution in [2.24, 2.45) is 5.73 Å². The largest absolute Gasteiger partial charge is 0.389 e. The predicted molar refractivity (Wildman–Crippen MR) is 81.7 cm³/mol. The van der Waals surface area contributed by atoms with Crippen molar-refractivity contribution in [3.05, 3.63) is 64.2 Å². The van der Waals surface area contributed by atoms with E-state index in [9.17, 15) is 13.6 Å². The number of nitrogens with one attached hydrogen (secondary N) is 1. The van der Waals surface area contributed by atoms with E-state index in [4.69, 9.17) is 29.6 Å². The summed E-state index contributed by atoms with van der Waals surface area (Å²) in [6, 6.07) is 7.85. The van der Waals surface area contributed by atoms with Gasteiger partial charge in [0.2, 0.25) is 0 Å². The number of amides is 1. The molecule has 0 aliphatic heterocycles. The van der Waals surface area contributed by atoms with Gasteiger partial charge >= 0.3 is 0 Å². The second-order valence-corrected chi connectivity index (χ2v) is 4.96. The maximum absolute atomic E-state index is 13.5. The molecule has 3 nitrogen and oxygen atoms in total. The Hall–Kier alpha value is -2.05. The van der Waals surface area contributed by atoms with Gasteiger partial charge in [-0.25, -0.2) is 8.78 Å². The summed E-state index contributed by atoms with van der Waals surface area (Å²) in [5.74, 6) is -3.12. The molecule has 0 bridgehead atoms. The Bertz CT molecular complexity index is 737. The first kappa shape index (κ1) is 15.3. The van der Waals surface area contributed by atoms with Crippen LogP contribution in [0.3, 0.4) is 0 Å². The fourth-order valence-electron chi connectivity index (χ4n) is 1.64. The molecule has 108 valence electrons. The van der Waals surface area contributed by atoms with Gasteiger partial charge in [-0.2, -0.15) is 0 Å². The molecule has 0 aliphatic carbocycles. The minimum absolute atomic E-state index is 0.158. The average molecular weight is 327 g/mol. The van der Waals surface area contributed by atoms with Crippen molar-refractivity contribution in [2.75, 3.05) is 5.32 Å². The molecule has 0 unspecified atom stereocenters. The van der Waals surface area contributed by atoms with Crippen LogP contribution in [0.5, 0.6) is 0 Å². The number of carbonyl (C=O) groups excluding carboxylic acids is 1. The molecule has 0 aliphatic rings. The molecule has 0 fully saturated rings. The molecule has 0 saturated carbocycles. The topological polar surface area (TPSA) is 55.1 Å². The maximum Gasteiger partial charge on any atom is 0.258 e. The SMILES string of the molecule is NC(=S)c1ccc(NC(=O)c2cccc(F)c2F)c(Cl)c1. The summed E-state index contributed by atoms with van der Waals surface area (Å²) in [6.07, 6.45) is 0. The van der Waals surface area contributed by atoms with Crippen molar-refractivity contribution in [1.29, 1.82) is 0 Å². The number of rotatable bonds is 3. The van der Waals surface area contributed by atoms with Gasteiger partial charge in [-0.1, -0.05) is 29.9 Å². The number of thiocarbonyl (C=S) groups is 1. The van der Waals surface area contributed by atoms with E-state index >= 15 is 0 Å². The summed E-state index contributed by atoms with van der Waals surface area (Å²) in [4.78, 5) is 12.1. The van der Waals surface area contributed by atoms with Crippen LogP contribution in [0.2, 0.25) is 5.02 Å². The molecule has 0 spiro atoms. The van der Waals surface area contributed by atoms with Crippen LogP contribution in [0.15, 0.2) is 36.4 Å². The van der Waals surface area contributed by atoms with E-state index in [1.54, 1.807) is 6.07 Å². The molecule has 3 N–H and O–H groups in total. The molecule has 0 heterocycles. The third-order valence-electron chi connectivity index (χ3n) is 2.70. The summed E-state index contributed by atoms with van der Waals surface area (Å²) in [5.41, 5.74) is 5.82. The summed E-state index contributed by atoms with van der Waals surface area (Å²) >= 11 is 10.8. The van der Waals surface area contributed by atoms with E-state index < -0.39 is 23.1 Å². The van der Waals surface area contributed by atoms with Gasteiger partial charge in [0.05, 0.1) is 16.3 Å².